The van der Waals surface area contributed by atoms with Crippen LogP contribution in [0.3, 0.4) is 0 Å². The highest BCUT2D eigenvalue weighted by Gasteiger charge is 2.07. The van der Waals surface area contributed by atoms with E-state index in [1.807, 2.05) is 24.9 Å². The summed E-state index contributed by atoms with van der Waals surface area (Å²) in [7, 11) is 1.93. The van der Waals surface area contributed by atoms with Crippen molar-refractivity contribution in [1.29, 1.82) is 0 Å². The molecule has 0 saturated carbocycles. The van der Waals surface area contributed by atoms with Gasteiger partial charge >= 0.3 is 0 Å². The first kappa shape index (κ1) is 11.8. The fraction of sp³-hybridized carbons (Fsp3) is 0.545. The third kappa shape index (κ3) is 3.40. The monoisotopic (exact) mass is 209 g/mol. The Morgan fingerprint density at radius 1 is 1.60 bits per heavy atom. The van der Waals surface area contributed by atoms with Gasteiger partial charge in [0, 0.05) is 19.8 Å². The molecule has 0 radical (unpaired) electrons. The molecule has 1 unspecified atom stereocenters. The smallest absolute Gasteiger partial charge is 0.151 e. The van der Waals surface area contributed by atoms with Gasteiger partial charge in [0.2, 0.25) is 0 Å². The number of hydrogen-bond donors (Lipinski definition) is 2. The van der Waals surface area contributed by atoms with Crippen molar-refractivity contribution in [2.75, 3.05) is 24.2 Å². The summed E-state index contributed by atoms with van der Waals surface area (Å²) in [6.45, 7) is 4.49. The lowest BCUT2D eigenvalue weighted by Gasteiger charge is -2.20. The molecule has 1 aromatic rings. The molecule has 0 amide bonds. The second-order valence-corrected chi connectivity index (χ2v) is 3.98. The molecule has 4 nitrogen and oxygen atoms in total. The molecule has 0 fully saturated rings. The molecule has 1 atom stereocenters. The lowest BCUT2D eigenvalue weighted by atomic mass is 10.2. The van der Waals surface area contributed by atoms with Gasteiger partial charge in [-0.1, -0.05) is 0 Å². The van der Waals surface area contributed by atoms with Crippen LogP contribution < -0.4 is 10.6 Å². The Morgan fingerprint density at radius 3 is 2.80 bits per heavy atom. The van der Waals surface area contributed by atoms with Gasteiger partial charge < -0.3 is 15.7 Å². The first-order chi connectivity index (χ1) is 7.00. The number of nitrogen functional groups attached to an aromatic ring is 1. The Labute approximate surface area is 90.7 Å². The largest absolute Gasteiger partial charge is 0.396 e. The minimum Gasteiger partial charge on any atom is -0.396 e. The van der Waals surface area contributed by atoms with Gasteiger partial charge in [-0.2, -0.15) is 0 Å². The molecule has 3 N–H and O–H groups in total. The second-order valence-electron chi connectivity index (χ2n) is 3.98. The summed E-state index contributed by atoms with van der Waals surface area (Å²) in [6.07, 6.45) is 2.22. The zero-order valence-corrected chi connectivity index (χ0v) is 9.57. The number of aliphatic hydroxyl groups excluding tert-OH is 1. The number of nitrogens with two attached hydrogens (primary N) is 1. The SMILES string of the molecule is Cc1cnc(N(C)CCC(C)O)c(N)c1. The molecule has 84 valence electrons. The maximum Gasteiger partial charge on any atom is 0.151 e. The summed E-state index contributed by atoms with van der Waals surface area (Å²) in [5.41, 5.74) is 7.60. The van der Waals surface area contributed by atoms with Crippen LogP contribution in [0.2, 0.25) is 0 Å². The average Bonchev–Trinajstić information content (AvgIpc) is 2.14. The third-order valence-electron chi connectivity index (χ3n) is 2.28. The maximum atomic E-state index is 9.18. The number of rotatable bonds is 4. The second kappa shape index (κ2) is 4.98. The van der Waals surface area contributed by atoms with Crippen LogP contribution >= 0.6 is 0 Å². The number of pyridine rings is 1. The van der Waals surface area contributed by atoms with Crippen LogP contribution in [-0.4, -0.2) is 29.8 Å². The van der Waals surface area contributed by atoms with E-state index in [0.29, 0.717) is 12.1 Å². The van der Waals surface area contributed by atoms with E-state index in [4.69, 9.17) is 5.73 Å². The molecule has 1 aromatic heterocycles. The van der Waals surface area contributed by atoms with Gasteiger partial charge in [-0.05, 0) is 31.9 Å². The van der Waals surface area contributed by atoms with E-state index in [0.717, 1.165) is 17.9 Å². The number of aryl methyl sites for hydroxylation is 1. The summed E-state index contributed by atoms with van der Waals surface area (Å²) in [5, 5.41) is 9.18. The predicted molar refractivity (Wildman–Crippen MR) is 63.0 cm³/mol. The normalized spacial score (nSPS) is 12.5. The van der Waals surface area contributed by atoms with Crippen LogP contribution in [0.4, 0.5) is 11.5 Å². The molecule has 0 bridgehead atoms. The molecule has 1 heterocycles. The van der Waals surface area contributed by atoms with E-state index in [1.165, 1.54) is 0 Å². The molecule has 0 aliphatic heterocycles. The Bertz CT molecular complexity index is 326. The van der Waals surface area contributed by atoms with Crippen LogP contribution in [0.5, 0.6) is 0 Å². The highest BCUT2D eigenvalue weighted by Crippen LogP contribution is 2.19. The fourth-order valence-corrected chi connectivity index (χ4v) is 1.39. The third-order valence-corrected chi connectivity index (χ3v) is 2.28. The van der Waals surface area contributed by atoms with E-state index >= 15 is 0 Å². The van der Waals surface area contributed by atoms with Crippen molar-refractivity contribution in [1.82, 2.24) is 4.98 Å². The molecule has 0 aliphatic rings. The lowest BCUT2D eigenvalue weighted by Crippen LogP contribution is -2.23. The molecule has 4 heteroatoms. The van der Waals surface area contributed by atoms with Crippen molar-refractivity contribution >= 4 is 11.5 Å². The quantitative estimate of drug-likeness (QED) is 0.781. The Balaban J connectivity index is 2.69. The van der Waals surface area contributed by atoms with E-state index < -0.39 is 0 Å². The van der Waals surface area contributed by atoms with Gasteiger partial charge in [-0.3, -0.25) is 0 Å². The van der Waals surface area contributed by atoms with Crippen LogP contribution in [0.1, 0.15) is 18.9 Å². The first-order valence-electron chi connectivity index (χ1n) is 5.12. The number of anilines is 2. The van der Waals surface area contributed by atoms with Gasteiger partial charge in [0.25, 0.3) is 0 Å². The van der Waals surface area contributed by atoms with Crippen molar-refractivity contribution in [3.63, 3.8) is 0 Å². The standard InChI is InChI=1S/C11H19N3O/c1-8-6-10(12)11(13-7-8)14(3)5-4-9(2)15/h6-7,9,15H,4-5,12H2,1-3H3. The van der Waals surface area contributed by atoms with Crippen LogP contribution in [0.25, 0.3) is 0 Å². The zero-order chi connectivity index (χ0) is 11.4. The van der Waals surface area contributed by atoms with Crippen LogP contribution in [0, 0.1) is 6.92 Å². The minimum atomic E-state index is -0.292. The summed E-state index contributed by atoms with van der Waals surface area (Å²) in [4.78, 5) is 6.23. The Hall–Kier alpha value is -1.29. The summed E-state index contributed by atoms with van der Waals surface area (Å²) < 4.78 is 0. The molecule has 0 aliphatic carbocycles. The summed E-state index contributed by atoms with van der Waals surface area (Å²) >= 11 is 0. The topological polar surface area (TPSA) is 62.4 Å². The lowest BCUT2D eigenvalue weighted by molar-refractivity contribution is 0.187. The maximum absolute atomic E-state index is 9.18. The molecule has 0 aromatic carbocycles. The van der Waals surface area contributed by atoms with Gasteiger partial charge in [0.05, 0.1) is 11.8 Å². The number of aliphatic hydroxyl groups is 1. The molecule has 15 heavy (non-hydrogen) atoms. The van der Waals surface area contributed by atoms with Gasteiger partial charge in [0.15, 0.2) is 5.82 Å². The van der Waals surface area contributed by atoms with E-state index in [9.17, 15) is 5.11 Å². The van der Waals surface area contributed by atoms with Gasteiger partial charge in [-0.25, -0.2) is 4.98 Å². The summed E-state index contributed by atoms with van der Waals surface area (Å²) in [5.74, 6) is 0.779. The van der Waals surface area contributed by atoms with Gasteiger partial charge in [-0.15, -0.1) is 0 Å². The van der Waals surface area contributed by atoms with Crippen molar-refractivity contribution in [2.45, 2.75) is 26.4 Å². The van der Waals surface area contributed by atoms with Crippen molar-refractivity contribution < 1.29 is 5.11 Å². The number of hydrogen-bond acceptors (Lipinski definition) is 4. The number of aromatic nitrogens is 1. The fourth-order valence-electron chi connectivity index (χ4n) is 1.39. The van der Waals surface area contributed by atoms with Crippen molar-refractivity contribution in [3.8, 4) is 0 Å². The van der Waals surface area contributed by atoms with E-state index in [1.54, 1.807) is 13.1 Å². The van der Waals surface area contributed by atoms with E-state index in [2.05, 4.69) is 4.98 Å². The van der Waals surface area contributed by atoms with Crippen molar-refractivity contribution in [3.05, 3.63) is 17.8 Å². The number of nitrogens with zero attached hydrogens (tertiary/aromatic N) is 2. The summed E-state index contributed by atoms with van der Waals surface area (Å²) in [6, 6.07) is 1.90. The highest BCUT2D eigenvalue weighted by molar-refractivity contribution is 5.62. The minimum absolute atomic E-state index is 0.292. The zero-order valence-electron chi connectivity index (χ0n) is 9.57. The van der Waals surface area contributed by atoms with Crippen molar-refractivity contribution in [2.24, 2.45) is 0 Å². The van der Waals surface area contributed by atoms with Crippen LogP contribution in [-0.2, 0) is 0 Å². The molecular weight excluding hydrogens is 190 g/mol. The predicted octanol–water partition coefficient (Wildman–Crippen LogP) is 1.18. The molecular formula is C11H19N3O. The Kier molecular flexibility index (Phi) is 3.91. The molecule has 0 saturated heterocycles. The van der Waals surface area contributed by atoms with E-state index in [-0.39, 0.29) is 6.10 Å². The highest BCUT2D eigenvalue weighted by atomic mass is 16.3. The van der Waals surface area contributed by atoms with Crippen LogP contribution in [0.15, 0.2) is 12.3 Å². The van der Waals surface area contributed by atoms with Gasteiger partial charge in [0.1, 0.15) is 0 Å². The Morgan fingerprint density at radius 2 is 2.27 bits per heavy atom. The molecule has 0 spiro atoms. The first-order valence-corrected chi connectivity index (χ1v) is 5.12. The molecule has 1 rings (SSSR count). The average molecular weight is 209 g/mol.